The quantitative estimate of drug-likeness (QED) is 0.853. The fourth-order valence-corrected chi connectivity index (χ4v) is 2.33. The van der Waals surface area contributed by atoms with Gasteiger partial charge < -0.3 is 10.4 Å². The number of carboxylic acids is 1. The summed E-state index contributed by atoms with van der Waals surface area (Å²) in [6.07, 6.45) is 5.27. The van der Waals surface area contributed by atoms with Gasteiger partial charge in [0.1, 0.15) is 5.82 Å². The molecule has 0 aliphatic heterocycles. The summed E-state index contributed by atoms with van der Waals surface area (Å²) in [6.45, 7) is -0.0750. The Bertz CT molecular complexity index is 722. The Morgan fingerprint density at radius 2 is 2.04 bits per heavy atom. The summed E-state index contributed by atoms with van der Waals surface area (Å²) in [5, 5.41) is 16.0. The first kappa shape index (κ1) is 15.2. The molecule has 1 aromatic carbocycles. The molecule has 1 aliphatic rings. The number of aromatic nitrogens is 2. The Labute approximate surface area is 131 Å². The third kappa shape index (κ3) is 3.56. The summed E-state index contributed by atoms with van der Waals surface area (Å²) in [6, 6.07) is 5.60. The van der Waals surface area contributed by atoms with Crippen LogP contribution in [0, 0.1) is 5.82 Å². The molecule has 1 amide bonds. The van der Waals surface area contributed by atoms with Gasteiger partial charge in [0.25, 0.3) is 5.91 Å². The van der Waals surface area contributed by atoms with E-state index in [2.05, 4.69) is 10.4 Å². The molecule has 0 spiro atoms. The molecule has 1 atom stereocenters. The van der Waals surface area contributed by atoms with Gasteiger partial charge in [0.2, 0.25) is 0 Å². The minimum absolute atomic E-state index is 0.0750. The lowest BCUT2D eigenvalue weighted by Gasteiger charge is -2.13. The molecule has 3 rings (SSSR count). The van der Waals surface area contributed by atoms with Crippen LogP contribution in [0.5, 0.6) is 0 Å². The second-order valence-corrected chi connectivity index (χ2v) is 5.59. The van der Waals surface area contributed by atoms with Crippen LogP contribution in [0.2, 0.25) is 0 Å². The van der Waals surface area contributed by atoms with E-state index in [1.165, 1.54) is 30.5 Å². The molecule has 1 aliphatic carbocycles. The van der Waals surface area contributed by atoms with Gasteiger partial charge in [-0.3, -0.25) is 14.3 Å². The molecular weight excluding hydrogens is 301 g/mol. The summed E-state index contributed by atoms with van der Waals surface area (Å²) < 4.78 is 14.7. The smallest absolute Gasteiger partial charge is 0.312 e. The van der Waals surface area contributed by atoms with Gasteiger partial charge in [-0.15, -0.1) is 0 Å². The number of carbonyl (C=O) groups excluding carboxylic acids is 1. The van der Waals surface area contributed by atoms with E-state index in [1.54, 1.807) is 10.9 Å². The van der Waals surface area contributed by atoms with Crippen LogP contribution in [-0.2, 0) is 4.79 Å². The monoisotopic (exact) mass is 317 g/mol. The zero-order valence-corrected chi connectivity index (χ0v) is 12.3. The minimum atomic E-state index is -1.08. The Balaban J connectivity index is 1.64. The number of carbonyl (C=O) groups is 2. The van der Waals surface area contributed by atoms with Gasteiger partial charge in [-0.25, -0.2) is 4.39 Å². The third-order valence-electron chi connectivity index (χ3n) is 3.82. The van der Waals surface area contributed by atoms with E-state index < -0.39 is 17.7 Å². The molecule has 7 heteroatoms. The molecule has 1 fully saturated rings. The van der Waals surface area contributed by atoms with Gasteiger partial charge in [-0.05, 0) is 30.5 Å². The van der Waals surface area contributed by atoms with Crippen molar-refractivity contribution in [1.29, 1.82) is 0 Å². The lowest BCUT2D eigenvalue weighted by atomic mass is 9.99. The van der Waals surface area contributed by atoms with Crippen molar-refractivity contribution in [2.75, 3.05) is 6.54 Å². The number of benzene rings is 1. The standard InChI is InChI=1S/C16H16FN3O3/c17-12-3-1-10(2-4-12)14(16(22)23)8-18-15(21)11-7-19-20(9-11)13-5-6-13/h1-4,7,9,13-14H,5-6,8H2,(H,18,21)(H,22,23). The van der Waals surface area contributed by atoms with Crippen molar-refractivity contribution in [3.63, 3.8) is 0 Å². The van der Waals surface area contributed by atoms with Crippen LogP contribution in [-0.4, -0.2) is 33.3 Å². The highest BCUT2D eigenvalue weighted by atomic mass is 19.1. The average Bonchev–Trinajstić information content (AvgIpc) is 3.26. The molecule has 1 unspecified atom stereocenters. The first-order valence-corrected chi connectivity index (χ1v) is 7.35. The molecule has 23 heavy (non-hydrogen) atoms. The largest absolute Gasteiger partial charge is 0.481 e. The number of hydrogen-bond acceptors (Lipinski definition) is 3. The highest BCUT2D eigenvalue weighted by Gasteiger charge is 2.25. The van der Waals surface area contributed by atoms with Crippen LogP contribution >= 0.6 is 0 Å². The molecule has 2 N–H and O–H groups in total. The lowest BCUT2D eigenvalue weighted by molar-refractivity contribution is -0.138. The molecule has 1 heterocycles. The van der Waals surface area contributed by atoms with Crippen LogP contribution in [0.25, 0.3) is 0 Å². The van der Waals surface area contributed by atoms with Crippen LogP contribution in [0.1, 0.15) is 40.7 Å². The maximum atomic E-state index is 12.9. The normalized spacial score (nSPS) is 15.2. The molecule has 0 radical (unpaired) electrons. The van der Waals surface area contributed by atoms with Gasteiger partial charge in [-0.1, -0.05) is 12.1 Å². The number of aliphatic carboxylic acids is 1. The van der Waals surface area contributed by atoms with E-state index in [1.807, 2.05) is 0 Å². The third-order valence-corrected chi connectivity index (χ3v) is 3.82. The van der Waals surface area contributed by atoms with Crippen molar-refractivity contribution >= 4 is 11.9 Å². The fourth-order valence-electron chi connectivity index (χ4n) is 2.33. The van der Waals surface area contributed by atoms with Gasteiger partial charge in [0.15, 0.2) is 0 Å². The molecule has 0 bridgehead atoms. The van der Waals surface area contributed by atoms with Crippen molar-refractivity contribution in [1.82, 2.24) is 15.1 Å². The maximum Gasteiger partial charge on any atom is 0.312 e. The number of nitrogens with one attached hydrogen (secondary N) is 1. The number of nitrogens with zero attached hydrogens (tertiary/aromatic N) is 2. The molecule has 1 saturated carbocycles. The van der Waals surface area contributed by atoms with E-state index in [0.717, 1.165) is 12.8 Å². The number of rotatable bonds is 6. The van der Waals surface area contributed by atoms with E-state index in [4.69, 9.17) is 0 Å². The van der Waals surface area contributed by atoms with Gasteiger partial charge in [-0.2, -0.15) is 5.10 Å². The lowest BCUT2D eigenvalue weighted by Crippen LogP contribution is -2.31. The number of hydrogen-bond donors (Lipinski definition) is 2. The van der Waals surface area contributed by atoms with Crippen LogP contribution in [0.15, 0.2) is 36.7 Å². The molecule has 2 aromatic rings. The first-order valence-electron chi connectivity index (χ1n) is 7.35. The van der Waals surface area contributed by atoms with Crippen LogP contribution in [0.4, 0.5) is 4.39 Å². The maximum absolute atomic E-state index is 12.9. The van der Waals surface area contributed by atoms with Crippen molar-refractivity contribution in [3.8, 4) is 0 Å². The van der Waals surface area contributed by atoms with Crippen molar-refractivity contribution in [2.45, 2.75) is 24.8 Å². The Kier molecular flexibility index (Phi) is 4.10. The molecular formula is C16H16FN3O3. The summed E-state index contributed by atoms with van der Waals surface area (Å²) in [4.78, 5) is 23.5. The second-order valence-electron chi connectivity index (χ2n) is 5.59. The zero-order valence-electron chi connectivity index (χ0n) is 12.3. The summed E-state index contributed by atoms with van der Waals surface area (Å²) in [7, 11) is 0. The Morgan fingerprint density at radius 3 is 2.65 bits per heavy atom. The zero-order chi connectivity index (χ0) is 16.4. The topological polar surface area (TPSA) is 84.2 Å². The number of halogens is 1. The molecule has 0 saturated heterocycles. The highest BCUT2D eigenvalue weighted by Crippen LogP contribution is 2.33. The van der Waals surface area contributed by atoms with Crippen LogP contribution < -0.4 is 5.32 Å². The fraction of sp³-hybridized carbons (Fsp3) is 0.312. The van der Waals surface area contributed by atoms with Gasteiger partial charge in [0.05, 0.1) is 23.7 Å². The molecule has 1 aromatic heterocycles. The van der Waals surface area contributed by atoms with Crippen LogP contribution in [0.3, 0.4) is 0 Å². The predicted octanol–water partition coefficient (Wildman–Crippen LogP) is 1.96. The van der Waals surface area contributed by atoms with Crippen molar-refractivity contribution in [2.24, 2.45) is 0 Å². The molecule has 120 valence electrons. The SMILES string of the molecule is O=C(NCC(C(=O)O)c1ccc(F)cc1)c1cnn(C2CC2)c1. The number of amides is 1. The Morgan fingerprint density at radius 1 is 1.35 bits per heavy atom. The highest BCUT2D eigenvalue weighted by molar-refractivity contribution is 5.94. The summed E-state index contributed by atoms with van der Waals surface area (Å²) in [5.41, 5.74) is 0.841. The molecule has 6 nitrogen and oxygen atoms in total. The van der Waals surface area contributed by atoms with Crippen molar-refractivity contribution in [3.05, 3.63) is 53.6 Å². The van der Waals surface area contributed by atoms with Gasteiger partial charge >= 0.3 is 5.97 Å². The summed E-state index contributed by atoms with van der Waals surface area (Å²) in [5.74, 6) is -2.82. The van der Waals surface area contributed by atoms with Gasteiger partial charge in [0, 0.05) is 12.7 Å². The minimum Gasteiger partial charge on any atom is -0.481 e. The Hall–Kier alpha value is -2.70. The average molecular weight is 317 g/mol. The van der Waals surface area contributed by atoms with E-state index >= 15 is 0 Å². The van der Waals surface area contributed by atoms with Crippen molar-refractivity contribution < 1.29 is 19.1 Å². The summed E-state index contributed by atoms with van der Waals surface area (Å²) >= 11 is 0. The van der Waals surface area contributed by atoms with E-state index in [9.17, 15) is 19.1 Å². The van der Waals surface area contributed by atoms with E-state index in [0.29, 0.717) is 17.2 Å². The first-order chi connectivity index (χ1) is 11.0. The number of carboxylic acid groups (broad SMARTS) is 1. The predicted molar refractivity (Wildman–Crippen MR) is 79.6 cm³/mol. The second kappa shape index (κ2) is 6.20. The van der Waals surface area contributed by atoms with E-state index in [-0.39, 0.29) is 12.5 Å².